The molecule has 0 saturated carbocycles. The number of carbonyl (C=O) groups is 1. The summed E-state index contributed by atoms with van der Waals surface area (Å²) in [5.74, 6) is 2.11. The van der Waals surface area contributed by atoms with Gasteiger partial charge in [-0.3, -0.25) is 4.79 Å². The third-order valence-corrected chi connectivity index (χ3v) is 6.46. The minimum atomic E-state index is -0.236. The number of carbonyl (C=O) groups excluding carboxylic acids is 1. The van der Waals surface area contributed by atoms with Gasteiger partial charge >= 0.3 is 0 Å². The van der Waals surface area contributed by atoms with Crippen molar-refractivity contribution >= 4 is 16.9 Å². The Balaban J connectivity index is 1.23. The number of aryl methyl sites for hydroxylation is 3. The molecule has 1 saturated heterocycles. The Labute approximate surface area is 202 Å². The van der Waals surface area contributed by atoms with Crippen molar-refractivity contribution in [3.63, 3.8) is 0 Å². The van der Waals surface area contributed by atoms with Gasteiger partial charge in [-0.25, -0.2) is 4.98 Å². The van der Waals surface area contributed by atoms with E-state index in [2.05, 4.69) is 59.3 Å². The van der Waals surface area contributed by atoms with Crippen LogP contribution in [-0.4, -0.2) is 41.3 Å². The first-order chi connectivity index (χ1) is 16.7. The number of rotatable bonds is 13. The first-order valence-corrected chi connectivity index (χ1v) is 12.8. The van der Waals surface area contributed by atoms with Gasteiger partial charge in [-0.05, 0) is 68.4 Å². The summed E-state index contributed by atoms with van der Waals surface area (Å²) in [5, 5.41) is 3.01. The molecule has 2 aromatic carbocycles. The molecule has 182 valence electrons. The van der Waals surface area contributed by atoms with Crippen LogP contribution in [0.5, 0.6) is 5.75 Å². The van der Waals surface area contributed by atoms with E-state index in [4.69, 9.17) is 14.5 Å². The molecule has 6 nitrogen and oxygen atoms in total. The third kappa shape index (κ3) is 6.60. The fourth-order valence-corrected chi connectivity index (χ4v) is 4.49. The van der Waals surface area contributed by atoms with E-state index in [1.807, 2.05) is 6.07 Å². The van der Waals surface area contributed by atoms with E-state index in [-0.39, 0.29) is 12.0 Å². The van der Waals surface area contributed by atoms with Gasteiger partial charge in [0.1, 0.15) is 17.7 Å². The number of hydrogen-bond acceptors (Lipinski definition) is 4. The van der Waals surface area contributed by atoms with Crippen molar-refractivity contribution in [1.82, 2.24) is 14.9 Å². The maximum absolute atomic E-state index is 12.0. The van der Waals surface area contributed by atoms with Gasteiger partial charge in [0.2, 0.25) is 5.91 Å². The van der Waals surface area contributed by atoms with Crippen LogP contribution in [0, 0.1) is 0 Å². The lowest BCUT2D eigenvalue weighted by molar-refractivity contribution is -0.130. The predicted octanol–water partition coefficient (Wildman–Crippen LogP) is 5.08. The van der Waals surface area contributed by atoms with Crippen molar-refractivity contribution in [2.24, 2.45) is 0 Å². The fraction of sp³-hybridized carbons (Fsp3) is 0.500. The normalized spacial score (nSPS) is 15.6. The SMILES string of the molecule is CCc1ccc(OCCCn2c(CCCCCNC(=O)C3CCCO3)nc3ccccc32)cc1. The lowest BCUT2D eigenvalue weighted by Gasteiger charge is -2.11. The Morgan fingerprint density at radius 2 is 1.97 bits per heavy atom. The summed E-state index contributed by atoms with van der Waals surface area (Å²) >= 11 is 0. The molecule has 34 heavy (non-hydrogen) atoms. The van der Waals surface area contributed by atoms with Gasteiger partial charge in [-0.2, -0.15) is 0 Å². The molecular weight excluding hydrogens is 426 g/mol. The number of fused-ring (bicyclic) bond motifs is 1. The minimum absolute atomic E-state index is 0.0443. The summed E-state index contributed by atoms with van der Waals surface area (Å²) in [4.78, 5) is 16.9. The summed E-state index contributed by atoms with van der Waals surface area (Å²) in [5.41, 5.74) is 3.57. The molecule has 4 rings (SSSR count). The second-order valence-corrected chi connectivity index (χ2v) is 8.97. The number of unbranched alkanes of at least 4 members (excludes halogenated alkanes) is 2. The van der Waals surface area contributed by atoms with Crippen LogP contribution in [0.1, 0.15) is 56.8 Å². The molecule has 1 fully saturated rings. The van der Waals surface area contributed by atoms with Gasteiger partial charge in [0.25, 0.3) is 0 Å². The van der Waals surface area contributed by atoms with Crippen molar-refractivity contribution < 1.29 is 14.3 Å². The molecule has 0 spiro atoms. The van der Waals surface area contributed by atoms with E-state index in [0.717, 1.165) is 75.0 Å². The first-order valence-electron chi connectivity index (χ1n) is 12.8. The topological polar surface area (TPSA) is 65.4 Å². The monoisotopic (exact) mass is 463 g/mol. The largest absolute Gasteiger partial charge is 0.494 e. The van der Waals surface area contributed by atoms with Gasteiger partial charge in [0.15, 0.2) is 0 Å². The lowest BCUT2D eigenvalue weighted by atomic mass is 10.1. The molecule has 1 amide bonds. The number of ether oxygens (including phenoxy) is 2. The fourth-order valence-electron chi connectivity index (χ4n) is 4.49. The van der Waals surface area contributed by atoms with Crippen LogP contribution >= 0.6 is 0 Å². The standard InChI is InChI=1S/C28H37N3O3/c1-2-22-14-16-23(17-15-22)33-21-9-19-31-25-11-6-5-10-24(25)30-27(31)13-4-3-7-18-29-28(32)26-12-8-20-34-26/h5-6,10-11,14-17,26H,2-4,7-9,12-13,18-21H2,1H3,(H,29,32). The molecule has 3 aromatic rings. The molecule has 6 heteroatoms. The summed E-state index contributed by atoms with van der Waals surface area (Å²) in [7, 11) is 0. The number of hydrogen-bond donors (Lipinski definition) is 1. The summed E-state index contributed by atoms with van der Waals surface area (Å²) in [6, 6.07) is 16.7. The van der Waals surface area contributed by atoms with Crippen molar-refractivity contribution in [3.8, 4) is 5.75 Å². The molecule has 2 heterocycles. The van der Waals surface area contributed by atoms with Crippen LogP contribution in [0.2, 0.25) is 0 Å². The number of amides is 1. The van der Waals surface area contributed by atoms with Gasteiger partial charge in [-0.1, -0.05) is 37.6 Å². The second kappa shape index (κ2) is 12.6. The number of nitrogens with one attached hydrogen (secondary N) is 1. The van der Waals surface area contributed by atoms with Gasteiger partial charge in [0.05, 0.1) is 17.6 Å². The lowest BCUT2D eigenvalue weighted by Crippen LogP contribution is -2.34. The average molecular weight is 464 g/mol. The van der Waals surface area contributed by atoms with Crippen LogP contribution in [0.25, 0.3) is 11.0 Å². The van der Waals surface area contributed by atoms with Crippen molar-refractivity contribution in [1.29, 1.82) is 0 Å². The summed E-state index contributed by atoms with van der Waals surface area (Å²) in [6.07, 6.45) is 7.59. The number of imidazole rings is 1. The molecule has 1 aliphatic rings. The molecule has 1 atom stereocenters. The van der Waals surface area contributed by atoms with Crippen molar-refractivity contribution in [2.45, 2.75) is 70.9 Å². The maximum atomic E-state index is 12.0. The van der Waals surface area contributed by atoms with E-state index in [1.54, 1.807) is 0 Å². The van der Waals surface area contributed by atoms with E-state index < -0.39 is 0 Å². The molecule has 1 N–H and O–H groups in total. The minimum Gasteiger partial charge on any atom is -0.494 e. The van der Waals surface area contributed by atoms with Crippen LogP contribution in [0.4, 0.5) is 0 Å². The zero-order chi connectivity index (χ0) is 23.6. The van der Waals surface area contributed by atoms with Crippen molar-refractivity contribution in [2.75, 3.05) is 19.8 Å². The maximum Gasteiger partial charge on any atom is 0.249 e. The van der Waals surface area contributed by atoms with Crippen molar-refractivity contribution in [3.05, 3.63) is 59.9 Å². The second-order valence-electron chi connectivity index (χ2n) is 8.97. The Kier molecular flexibility index (Phi) is 8.97. The van der Waals surface area contributed by atoms with Crippen LogP contribution in [0.15, 0.2) is 48.5 Å². The molecule has 1 aliphatic heterocycles. The Hall–Kier alpha value is -2.86. The number of para-hydroxylation sites is 2. The van der Waals surface area contributed by atoms with E-state index in [9.17, 15) is 4.79 Å². The smallest absolute Gasteiger partial charge is 0.249 e. The van der Waals surface area contributed by atoms with Crippen LogP contribution in [0.3, 0.4) is 0 Å². The molecule has 0 aliphatic carbocycles. The highest BCUT2D eigenvalue weighted by atomic mass is 16.5. The van der Waals surface area contributed by atoms with Crippen LogP contribution < -0.4 is 10.1 Å². The molecule has 1 aromatic heterocycles. The quantitative estimate of drug-likeness (QED) is 0.359. The van der Waals surface area contributed by atoms with E-state index in [1.165, 1.54) is 11.1 Å². The van der Waals surface area contributed by atoms with Gasteiger partial charge in [-0.15, -0.1) is 0 Å². The highest BCUT2D eigenvalue weighted by Gasteiger charge is 2.22. The number of benzene rings is 2. The zero-order valence-electron chi connectivity index (χ0n) is 20.3. The van der Waals surface area contributed by atoms with E-state index in [0.29, 0.717) is 19.8 Å². The molecule has 0 radical (unpaired) electrons. The van der Waals surface area contributed by atoms with E-state index >= 15 is 0 Å². The Morgan fingerprint density at radius 3 is 2.76 bits per heavy atom. The third-order valence-electron chi connectivity index (χ3n) is 6.46. The number of aromatic nitrogens is 2. The molecule has 1 unspecified atom stereocenters. The molecular formula is C28H37N3O3. The zero-order valence-corrected chi connectivity index (χ0v) is 20.3. The Morgan fingerprint density at radius 1 is 1.12 bits per heavy atom. The molecule has 0 bridgehead atoms. The first kappa shape index (κ1) is 24.3. The summed E-state index contributed by atoms with van der Waals surface area (Å²) in [6.45, 7) is 5.15. The van der Waals surface area contributed by atoms with Crippen LogP contribution in [-0.2, 0) is 28.9 Å². The average Bonchev–Trinajstić information content (AvgIpc) is 3.53. The Bertz CT molecular complexity index is 1040. The summed E-state index contributed by atoms with van der Waals surface area (Å²) < 4.78 is 13.7. The predicted molar refractivity (Wildman–Crippen MR) is 135 cm³/mol. The highest BCUT2D eigenvalue weighted by molar-refractivity contribution is 5.80. The highest BCUT2D eigenvalue weighted by Crippen LogP contribution is 2.19. The van der Waals surface area contributed by atoms with Gasteiger partial charge < -0.3 is 19.4 Å². The van der Waals surface area contributed by atoms with Gasteiger partial charge in [0, 0.05) is 26.1 Å². The number of nitrogens with zero attached hydrogens (tertiary/aromatic N) is 2.